The summed E-state index contributed by atoms with van der Waals surface area (Å²) >= 11 is 0. The number of carbonyl (C=O) groups is 5. The molecular formula is C45H77N5O9. The van der Waals surface area contributed by atoms with Gasteiger partial charge in [0, 0.05) is 64.0 Å². The molecule has 336 valence electrons. The van der Waals surface area contributed by atoms with Gasteiger partial charge in [0.15, 0.2) is 0 Å². The number of esters is 4. The zero-order valence-corrected chi connectivity index (χ0v) is 38.7. The van der Waals surface area contributed by atoms with Crippen molar-refractivity contribution in [3.63, 3.8) is 0 Å². The quantitative estimate of drug-likeness (QED) is 0.131. The van der Waals surface area contributed by atoms with Gasteiger partial charge >= 0.3 is 23.9 Å². The maximum atomic E-state index is 13.6. The highest BCUT2D eigenvalue weighted by Crippen LogP contribution is 2.19. The van der Waals surface area contributed by atoms with Crippen molar-refractivity contribution < 1.29 is 42.9 Å². The van der Waals surface area contributed by atoms with Crippen LogP contribution in [0.15, 0.2) is 24.3 Å². The molecule has 0 bridgehead atoms. The summed E-state index contributed by atoms with van der Waals surface area (Å²) in [6, 6.07) is 7.39. The van der Waals surface area contributed by atoms with Gasteiger partial charge in [0.25, 0.3) is 0 Å². The lowest BCUT2D eigenvalue weighted by Crippen LogP contribution is -2.54. The Balaban J connectivity index is 2.61. The van der Waals surface area contributed by atoms with Crippen molar-refractivity contribution >= 4 is 35.5 Å². The summed E-state index contributed by atoms with van der Waals surface area (Å²) < 4.78 is 23.0. The highest BCUT2D eigenvalue weighted by atomic mass is 16.6. The summed E-state index contributed by atoms with van der Waals surface area (Å²) in [5.74, 6) is -1.55. The number of amides is 1. The number of carbonyl (C=O) groups excluding carboxylic acids is 5. The molecule has 0 aromatic heterocycles. The molecule has 1 amide bonds. The van der Waals surface area contributed by atoms with Gasteiger partial charge in [-0.3, -0.25) is 43.6 Å². The standard InChI is InChI=1S/C45H77N5O9/c1-14-15-16-17-37(51)46-35-20-18-34(19-21-35)28-36-29-49(32-40(54)58-44(8,9)10)25-24-47(30-38(52)56-42(2,3)4)22-23-48(31-39(53)57-43(5,6)7)26-27-50(36)33-41(55)59-45(11,12)13/h18-21,36H,14-17,22-33H2,1-13H3,(H,46,51). The van der Waals surface area contributed by atoms with Gasteiger partial charge in [0.05, 0.1) is 26.2 Å². The first kappa shape index (κ1) is 51.6. The minimum absolute atomic E-state index is 0.0118. The molecule has 2 rings (SSSR count). The van der Waals surface area contributed by atoms with E-state index in [1.54, 1.807) is 0 Å². The van der Waals surface area contributed by atoms with Crippen LogP contribution in [0.1, 0.15) is 121 Å². The first-order chi connectivity index (χ1) is 27.2. The number of ether oxygens (including phenoxy) is 4. The van der Waals surface area contributed by atoms with E-state index < -0.39 is 28.4 Å². The summed E-state index contributed by atoms with van der Waals surface area (Å²) in [6.07, 6.45) is 3.83. The van der Waals surface area contributed by atoms with Crippen molar-refractivity contribution in [2.45, 2.75) is 151 Å². The lowest BCUT2D eigenvalue weighted by atomic mass is 10.0. The summed E-state index contributed by atoms with van der Waals surface area (Å²) in [5, 5.41) is 3.00. The number of rotatable bonds is 15. The van der Waals surface area contributed by atoms with E-state index in [-0.39, 0.29) is 56.0 Å². The Labute approximate surface area is 355 Å². The van der Waals surface area contributed by atoms with E-state index in [1.807, 2.05) is 122 Å². The largest absolute Gasteiger partial charge is 0.459 e. The van der Waals surface area contributed by atoms with Crippen LogP contribution in [-0.2, 0) is 49.3 Å². The van der Waals surface area contributed by atoms with Crippen LogP contribution in [0.4, 0.5) is 5.69 Å². The SMILES string of the molecule is CCCCCC(=O)Nc1ccc(CC2CN(CC(=O)OC(C)(C)C)CCN(CC(=O)OC(C)(C)C)CCN(CC(=O)OC(C)(C)C)CCN2CC(=O)OC(C)(C)C)cc1. The van der Waals surface area contributed by atoms with Gasteiger partial charge in [0.1, 0.15) is 22.4 Å². The van der Waals surface area contributed by atoms with Crippen LogP contribution >= 0.6 is 0 Å². The molecule has 1 aliphatic heterocycles. The average molecular weight is 832 g/mol. The molecule has 1 N–H and O–H groups in total. The highest BCUT2D eigenvalue weighted by molar-refractivity contribution is 5.90. The molecule has 1 atom stereocenters. The second kappa shape index (κ2) is 23.4. The monoisotopic (exact) mass is 832 g/mol. The van der Waals surface area contributed by atoms with Crippen LogP contribution < -0.4 is 5.32 Å². The predicted molar refractivity (Wildman–Crippen MR) is 231 cm³/mol. The third kappa shape index (κ3) is 24.3. The molecule has 1 aromatic rings. The third-order valence-corrected chi connectivity index (χ3v) is 8.94. The first-order valence-corrected chi connectivity index (χ1v) is 21.4. The molecule has 0 radical (unpaired) electrons. The van der Waals surface area contributed by atoms with Gasteiger partial charge in [-0.15, -0.1) is 0 Å². The van der Waals surface area contributed by atoms with Crippen molar-refractivity contribution in [2.75, 3.05) is 77.3 Å². The van der Waals surface area contributed by atoms with Crippen molar-refractivity contribution in [1.82, 2.24) is 19.6 Å². The Kier molecular flexibility index (Phi) is 20.5. The Bertz CT molecular complexity index is 1490. The molecule has 14 nitrogen and oxygen atoms in total. The predicted octanol–water partition coefficient (Wildman–Crippen LogP) is 5.70. The van der Waals surface area contributed by atoms with Crippen LogP contribution in [0.5, 0.6) is 0 Å². The topological polar surface area (TPSA) is 147 Å². The van der Waals surface area contributed by atoms with Crippen LogP contribution in [0.2, 0.25) is 0 Å². The summed E-state index contributed by atoms with van der Waals surface area (Å²) in [4.78, 5) is 74.0. The van der Waals surface area contributed by atoms with E-state index >= 15 is 0 Å². The second-order valence-corrected chi connectivity index (χ2v) is 19.7. The van der Waals surface area contributed by atoms with Crippen LogP contribution in [0.25, 0.3) is 0 Å². The van der Waals surface area contributed by atoms with E-state index in [0.717, 1.165) is 24.8 Å². The molecule has 1 fully saturated rings. The number of benzene rings is 1. The lowest BCUT2D eigenvalue weighted by Gasteiger charge is -2.39. The van der Waals surface area contributed by atoms with Crippen molar-refractivity contribution in [3.8, 4) is 0 Å². The van der Waals surface area contributed by atoms with E-state index in [1.165, 1.54) is 0 Å². The number of hydrogen-bond donors (Lipinski definition) is 1. The Hall–Kier alpha value is -3.59. The molecule has 0 spiro atoms. The van der Waals surface area contributed by atoms with Gasteiger partial charge in [-0.25, -0.2) is 0 Å². The smallest absolute Gasteiger partial charge is 0.320 e. The van der Waals surface area contributed by atoms with E-state index in [9.17, 15) is 24.0 Å². The van der Waals surface area contributed by atoms with E-state index in [4.69, 9.17) is 18.9 Å². The molecule has 1 aromatic carbocycles. The number of anilines is 1. The third-order valence-electron chi connectivity index (χ3n) is 8.94. The Morgan fingerprint density at radius 1 is 0.559 bits per heavy atom. The number of nitrogens with one attached hydrogen (secondary N) is 1. The van der Waals surface area contributed by atoms with E-state index in [0.29, 0.717) is 64.3 Å². The van der Waals surface area contributed by atoms with Crippen molar-refractivity contribution in [2.24, 2.45) is 0 Å². The molecule has 1 aliphatic rings. The lowest BCUT2D eigenvalue weighted by molar-refractivity contribution is -0.160. The zero-order valence-electron chi connectivity index (χ0n) is 38.7. The molecule has 0 aliphatic carbocycles. The normalized spacial score (nSPS) is 17.6. The van der Waals surface area contributed by atoms with Crippen LogP contribution in [0, 0.1) is 0 Å². The van der Waals surface area contributed by atoms with Gasteiger partial charge in [-0.2, -0.15) is 0 Å². The van der Waals surface area contributed by atoms with Crippen LogP contribution in [0.3, 0.4) is 0 Å². The minimum atomic E-state index is -0.709. The van der Waals surface area contributed by atoms with Gasteiger partial charge in [-0.05, 0) is 114 Å². The number of nitrogens with zero attached hydrogens (tertiary/aromatic N) is 4. The fourth-order valence-electron chi connectivity index (χ4n) is 6.57. The Morgan fingerprint density at radius 3 is 1.37 bits per heavy atom. The molecule has 1 saturated heterocycles. The fourth-order valence-corrected chi connectivity index (χ4v) is 6.57. The van der Waals surface area contributed by atoms with E-state index in [2.05, 4.69) is 17.1 Å². The fraction of sp³-hybridized carbons (Fsp3) is 0.756. The summed E-state index contributed by atoms with van der Waals surface area (Å²) in [5.41, 5.74) is -1.08. The maximum absolute atomic E-state index is 13.6. The first-order valence-electron chi connectivity index (χ1n) is 21.4. The van der Waals surface area contributed by atoms with Crippen LogP contribution in [-0.4, -0.2) is 150 Å². The molecular weight excluding hydrogens is 755 g/mol. The number of unbranched alkanes of at least 4 members (excludes halogenated alkanes) is 2. The average Bonchev–Trinajstić information content (AvgIpc) is 3.04. The van der Waals surface area contributed by atoms with Gasteiger partial charge < -0.3 is 24.3 Å². The molecule has 14 heteroatoms. The molecule has 0 saturated carbocycles. The van der Waals surface area contributed by atoms with Crippen molar-refractivity contribution in [3.05, 3.63) is 29.8 Å². The summed E-state index contributed by atoms with van der Waals surface area (Å²) in [7, 11) is 0. The highest BCUT2D eigenvalue weighted by Gasteiger charge is 2.31. The van der Waals surface area contributed by atoms with Gasteiger partial charge in [0.2, 0.25) is 5.91 Å². The Morgan fingerprint density at radius 2 is 0.949 bits per heavy atom. The maximum Gasteiger partial charge on any atom is 0.320 e. The summed E-state index contributed by atoms with van der Waals surface area (Å²) in [6.45, 7) is 26.8. The van der Waals surface area contributed by atoms with Gasteiger partial charge in [-0.1, -0.05) is 31.9 Å². The zero-order chi connectivity index (χ0) is 44.6. The number of hydrogen-bond acceptors (Lipinski definition) is 13. The molecule has 1 heterocycles. The van der Waals surface area contributed by atoms with Crippen molar-refractivity contribution in [1.29, 1.82) is 0 Å². The minimum Gasteiger partial charge on any atom is -0.459 e. The molecule has 59 heavy (non-hydrogen) atoms. The second-order valence-electron chi connectivity index (χ2n) is 19.7. The molecule has 1 unspecified atom stereocenters.